The van der Waals surface area contributed by atoms with Crippen molar-refractivity contribution >= 4 is 17.5 Å². The van der Waals surface area contributed by atoms with Crippen LogP contribution in [0.5, 0.6) is 0 Å². The van der Waals surface area contributed by atoms with Crippen LogP contribution in [0.3, 0.4) is 0 Å². The minimum Gasteiger partial charge on any atom is -0.349 e. The van der Waals surface area contributed by atoms with Gasteiger partial charge in [0, 0.05) is 37.0 Å². The van der Waals surface area contributed by atoms with E-state index in [1.165, 1.54) is 5.56 Å². The van der Waals surface area contributed by atoms with Crippen molar-refractivity contribution in [2.75, 3.05) is 0 Å². The normalized spacial score (nSPS) is 20.0. The third-order valence-corrected chi connectivity index (χ3v) is 6.11. The van der Waals surface area contributed by atoms with Gasteiger partial charge in [-0.25, -0.2) is 0 Å². The van der Waals surface area contributed by atoms with Crippen LogP contribution in [0.2, 0.25) is 5.02 Å². The lowest BCUT2D eigenvalue weighted by Crippen LogP contribution is -2.39. The van der Waals surface area contributed by atoms with E-state index in [2.05, 4.69) is 33.4 Å². The van der Waals surface area contributed by atoms with Crippen LogP contribution >= 0.6 is 11.6 Å². The largest absolute Gasteiger partial charge is 0.349 e. The van der Waals surface area contributed by atoms with Crippen molar-refractivity contribution in [2.45, 2.75) is 51.6 Å². The molecule has 4 rings (SSSR count). The summed E-state index contributed by atoms with van der Waals surface area (Å²) in [5.74, 6) is 0.341. The lowest BCUT2D eigenvalue weighted by atomic mass is 9.79. The summed E-state index contributed by atoms with van der Waals surface area (Å²) in [7, 11) is 0. The van der Waals surface area contributed by atoms with E-state index in [9.17, 15) is 4.79 Å². The van der Waals surface area contributed by atoms with Crippen LogP contribution in [0, 0.1) is 19.8 Å². The molecule has 1 unspecified atom stereocenters. The molecule has 7 heteroatoms. The van der Waals surface area contributed by atoms with Gasteiger partial charge in [-0.3, -0.25) is 19.4 Å². The predicted octanol–water partition coefficient (Wildman–Crippen LogP) is 4.52. The van der Waals surface area contributed by atoms with Crippen LogP contribution in [0.15, 0.2) is 49.2 Å². The van der Waals surface area contributed by atoms with Gasteiger partial charge in [0.05, 0.1) is 22.3 Å². The first kappa shape index (κ1) is 20.5. The molecule has 1 atom stereocenters. The summed E-state index contributed by atoms with van der Waals surface area (Å²) in [6, 6.07) is 6.15. The Hall–Kier alpha value is -2.73. The predicted molar refractivity (Wildman–Crippen MR) is 117 cm³/mol. The molecular weight excluding hydrogens is 398 g/mol. The highest BCUT2D eigenvalue weighted by atomic mass is 35.5. The maximum Gasteiger partial charge on any atom is 0.253 e. The van der Waals surface area contributed by atoms with Gasteiger partial charge in [0.15, 0.2) is 0 Å². The molecular formula is C23H26ClN5O. The number of amides is 1. The first-order valence-corrected chi connectivity index (χ1v) is 10.7. The van der Waals surface area contributed by atoms with Gasteiger partial charge in [0.2, 0.25) is 0 Å². The van der Waals surface area contributed by atoms with E-state index in [1.54, 1.807) is 12.3 Å². The van der Waals surface area contributed by atoms with Crippen LogP contribution in [0.1, 0.15) is 58.9 Å². The number of rotatable bonds is 5. The van der Waals surface area contributed by atoms with Gasteiger partial charge in [0.1, 0.15) is 0 Å². The minimum absolute atomic E-state index is 0.0996. The van der Waals surface area contributed by atoms with Crippen molar-refractivity contribution in [1.82, 2.24) is 25.1 Å². The highest BCUT2D eigenvalue weighted by molar-refractivity contribution is 6.30. The molecule has 156 valence electrons. The van der Waals surface area contributed by atoms with Crippen molar-refractivity contribution in [3.05, 3.63) is 76.6 Å². The standard InChI is InChI=1S/C23H26ClN5O/c1-15-10-18(13-25-12-15)22(29-9-3-8-27-29)17-4-6-20(7-5-17)28-23(30)21-11-19(24)14-26-16(21)2/h3,8-14,17,20,22H,4-7H2,1-2H3,(H,28,30). The Balaban J connectivity index is 1.45. The van der Waals surface area contributed by atoms with E-state index in [0.717, 1.165) is 31.2 Å². The van der Waals surface area contributed by atoms with Crippen LogP contribution in [-0.4, -0.2) is 31.7 Å². The molecule has 0 aromatic carbocycles. The molecule has 6 nitrogen and oxygen atoms in total. The zero-order valence-corrected chi connectivity index (χ0v) is 18.0. The van der Waals surface area contributed by atoms with Crippen LogP contribution in [0.25, 0.3) is 0 Å². The summed E-state index contributed by atoms with van der Waals surface area (Å²) in [6.45, 7) is 3.89. The first-order valence-electron chi connectivity index (χ1n) is 10.3. The summed E-state index contributed by atoms with van der Waals surface area (Å²) in [4.78, 5) is 21.3. The monoisotopic (exact) mass is 423 g/mol. The lowest BCUT2D eigenvalue weighted by molar-refractivity contribution is 0.0916. The van der Waals surface area contributed by atoms with Crippen molar-refractivity contribution in [2.24, 2.45) is 5.92 Å². The van der Waals surface area contributed by atoms with Gasteiger partial charge in [-0.1, -0.05) is 17.7 Å². The van der Waals surface area contributed by atoms with Crippen molar-refractivity contribution in [1.29, 1.82) is 0 Å². The summed E-state index contributed by atoms with van der Waals surface area (Å²) in [6.07, 6.45) is 13.1. The average molecular weight is 424 g/mol. The number of hydrogen-bond donors (Lipinski definition) is 1. The molecule has 1 N–H and O–H groups in total. The van der Waals surface area contributed by atoms with Gasteiger partial charge in [-0.2, -0.15) is 5.10 Å². The average Bonchev–Trinajstić information content (AvgIpc) is 3.25. The molecule has 1 aliphatic carbocycles. The SMILES string of the molecule is Cc1cncc(C(C2CCC(NC(=O)c3cc(Cl)cnc3C)CC2)n2cccn2)c1. The second-order valence-corrected chi connectivity index (χ2v) is 8.53. The molecule has 3 heterocycles. The molecule has 30 heavy (non-hydrogen) atoms. The lowest BCUT2D eigenvalue weighted by Gasteiger charge is -2.34. The van der Waals surface area contributed by atoms with Crippen LogP contribution in [-0.2, 0) is 0 Å². The Morgan fingerprint density at radius 1 is 1.17 bits per heavy atom. The fourth-order valence-corrected chi connectivity index (χ4v) is 4.56. The summed E-state index contributed by atoms with van der Waals surface area (Å²) < 4.78 is 2.04. The van der Waals surface area contributed by atoms with Crippen molar-refractivity contribution < 1.29 is 4.79 Å². The molecule has 0 saturated heterocycles. The smallest absolute Gasteiger partial charge is 0.253 e. The molecule has 0 spiro atoms. The van der Waals surface area contributed by atoms with Gasteiger partial charge in [0.25, 0.3) is 5.91 Å². The molecule has 1 fully saturated rings. The minimum atomic E-state index is -0.0996. The molecule has 0 bridgehead atoms. The zero-order valence-electron chi connectivity index (χ0n) is 17.3. The first-order chi connectivity index (χ1) is 14.5. The number of hydrogen-bond acceptors (Lipinski definition) is 4. The molecule has 1 amide bonds. The van der Waals surface area contributed by atoms with E-state index in [4.69, 9.17) is 11.6 Å². The number of halogens is 1. The Bertz CT molecular complexity index is 1010. The summed E-state index contributed by atoms with van der Waals surface area (Å²) in [5.41, 5.74) is 3.57. The zero-order chi connectivity index (χ0) is 21.1. The van der Waals surface area contributed by atoms with Gasteiger partial charge in [-0.05, 0) is 68.7 Å². The topological polar surface area (TPSA) is 72.7 Å². The Morgan fingerprint density at radius 3 is 2.67 bits per heavy atom. The van der Waals surface area contributed by atoms with Crippen LogP contribution in [0.4, 0.5) is 0 Å². The highest BCUT2D eigenvalue weighted by Gasteiger charge is 2.31. The third kappa shape index (κ3) is 4.54. The Kier molecular flexibility index (Phi) is 6.13. The number of carbonyl (C=O) groups excluding carboxylic acids is 1. The molecule has 1 aliphatic rings. The summed E-state index contributed by atoms with van der Waals surface area (Å²) in [5, 5.41) is 8.17. The number of aryl methyl sites for hydroxylation is 2. The molecule has 1 saturated carbocycles. The maximum atomic E-state index is 12.7. The van der Waals surface area contributed by atoms with Crippen molar-refractivity contribution in [3.63, 3.8) is 0 Å². The molecule has 3 aromatic heterocycles. The van der Waals surface area contributed by atoms with E-state index in [0.29, 0.717) is 22.2 Å². The van der Waals surface area contributed by atoms with Gasteiger partial charge in [-0.15, -0.1) is 0 Å². The number of nitrogens with one attached hydrogen (secondary N) is 1. The molecule has 0 aliphatic heterocycles. The number of nitrogens with zero attached hydrogens (tertiary/aromatic N) is 4. The van der Waals surface area contributed by atoms with Crippen molar-refractivity contribution in [3.8, 4) is 0 Å². The van der Waals surface area contributed by atoms with E-state index in [-0.39, 0.29) is 18.0 Å². The summed E-state index contributed by atoms with van der Waals surface area (Å²) >= 11 is 6.02. The van der Waals surface area contributed by atoms with E-state index >= 15 is 0 Å². The highest BCUT2D eigenvalue weighted by Crippen LogP contribution is 2.37. The molecule has 0 radical (unpaired) electrons. The second-order valence-electron chi connectivity index (χ2n) is 8.10. The number of aromatic nitrogens is 4. The number of pyridine rings is 2. The Morgan fingerprint density at radius 2 is 1.97 bits per heavy atom. The fourth-order valence-electron chi connectivity index (χ4n) is 4.41. The van der Waals surface area contributed by atoms with Gasteiger partial charge >= 0.3 is 0 Å². The quantitative estimate of drug-likeness (QED) is 0.654. The maximum absolute atomic E-state index is 12.7. The van der Waals surface area contributed by atoms with Crippen LogP contribution < -0.4 is 5.32 Å². The number of carbonyl (C=O) groups is 1. The fraction of sp³-hybridized carbons (Fsp3) is 0.391. The second kappa shape index (κ2) is 8.96. The molecule has 3 aromatic rings. The Labute approximate surface area is 181 Å². The van der Waals surface area contributed by atoms with E-state index < -0.39 is 0 Å². The third-order valence-electron chi connectivity index (χ3n) is 5.90. The van der Waals surface area contributed by atoms with E-state index in [1.807, 2.05) is 42.5 Å². The van der Waals surface area contributed by atoms with Gasteiger partial charge < -0.3 is 5.32 Å².